The largest absolute Gasteiger partial charge is 0.325 e. The number of non-ortho nitro benzene ring substituents is 1. The summed E-state index contributed by atoms with van der Waals surface area (Å²) in [5, 5.41) is 11.2. The van der Waals surface area contributed by atoms with E-state index in [0.717, 1.165) is 16.1 Å². The van der Waals surface area contributed by atoms with E-state index in [2.05, 4.69) is 4.72 Å². The van der Waals surface area contributed by atoms with E-state index < -0.39 is 4.92 Å². The van der Waals surface area contributed by atoms with E-state index >= 15 is 0 Å². The molecule has 0 aliphatic carbocycles. The third-order valence-electron chi connectivity index (χ3n) is 2.51. The lowest BCUT2D eigenvalue weighted by Crippen LogP contribution is -1.91. The third-order valence-corrected chi connectivity index (χ3v) is 3.58. The van der Waals surface area contributed by atoms with E-state index in [0.29, 0.717) is 5.02 Å². The van der Waals surface area contributed by atoms with Gasteiger partial charge in [-0.05, 0) is 54.8 Å². The molecule has 2 aromatic rings. The van der Waals surface area contributed by atoms with Crippen LogP contribution in [0.2, 0.25) is 5.02 Å². The SMILES string of the molecule is Cc1cc(Cl)ccc1NSc1ccc([N+](=O)[O-])cc1. The van der Waals surface area contributed by atoms with Crippen molar-refractivity contribution in [1.82, 2.24) is 0 Å². The molecule has 0 saturated carbocycles. The van der Waals surface area contributed by atoms with Crippen LogP contribution in [0.1, 0.15) is 5.56 Å². The molecule has 1 N–H and O–H groups in total. The Kier molecular flexibility index (Phi) is 4.29. The fourth-order valence-corrected chi connectivity index (χ4v) is 2.45. The maximum absolute atomic E-state index is 10.5. The van der Waals surface area contributed by atoms with Crippen molar-refractivity contribution >= 4 is 34.9 Å². The molecule has 4 nitrogen and oxygen atoms in total. The smallest absolute Gasteiger partial charge is 0.269 e. The van der Waals surface area contributed by atoms with Gasteiger partial charge in [-0.2, -0.15) is 0 Å². The van der Waals surface area contributed by atoms with Gasteiger partial charge in [0.15, 0.2) is 0 Å². The molecule has 0 aliphatic rings. The second-order valence-corrected chi connectivity index (χ2v) is 5.23. The summed E-state index contributed by atoms with van der Waals surface area (Å²) >= 11 is 7.28. The number of halogens is 1. The third kappa shape index (κ3) is 3.62. The highest BCUT2D eigenvalue weighted by molar-refractivity contribution is 8.00. The quantitative estimate of drug-likeness (QED) is 0.505. The van der Waals surface area contributed by atoms with Crippen LogP contribution in [0.15, 0.2) is 47.4 Å². The maximum Gasteiger partial charge on any atom is 0.269 e. The molecule has 0 fully saturated rings. The Morgan fingerprint density at radius 3 is 2.47 bits per heavy atom. The zero-order valence-electron chi connectivity index (χ0n) is 10.1. The maximum atomic E-state index is 10.5. The van der Waals surface area contributed by atoms with Crippen LogP contribution in [0, 0.1) is 17.0 Å². The van der Waals surface area contributed by atoms with Crippen molar-refractivity contribution in [3.8, 4) is 0 Å². The molecule has 0 spiro atoms. The molecule has 0 bridgehead atoms. The molecule has 19 heavy (non-hydrogen) atoms. The topological polar surface area (TPSA) is 55.2 Å². The number of nitro benzene ring substituents is 1. The van der Waals surface area contributed by atoms with Crippen molar-refractivity contribution in [2.75, 3.05) is 4.72 Å². The standard InChI is InChI=1S/C13H11ClN2O2S/c1-9-8-10(14)2-7-13(9)15-19-12-5-3-11(4-6-12)16(17)18/h2-8,15H,1H3. The first-order valence-electron chi connectivity index (χ1n) is 5.50. The molecule has 2 rings (SSSR count). The molecule has 98 valence electrons. The summed E-state index contributed by atoms with van der Waals surface area (Å²) in [5.41, 5.74) is 2.10. The first-order valence-corrected chi connectivity index (χ1v) is 6.69. The number of anilines is 1. The van der Waals surface area contributed by atoms with Gasteiger partial charge in [0.05, 0.1) is 4.92 Å². The van der Waals surface area contributed by atoms with Gasteiger partial charge >= 0.3 is 0 Å². The number of nitrogens with zero attached hydrogens (tertiary/aromatic N) is 1. The van der Waals surface area contributed by atoms with E-state index in [1.165, 1.54) is 24.1 Å². The van der Waals surface area contributed by atoms with Gasteiger partial charge in [-0.3, -0.25) is 10.1 Å². The first-order chi connectivity index (χ1) is 9.06. The number of hydrogen-bond donors (Lipinski definition) is 1. The predicted molar refractivity (Wildman–Crippen MR) is 78.8 cm³/mol. The molecule has 0 aromatic heterocycles. The van der Waals surface area contributed by atoms with Gasteiger partial charge in [0.2, 0.25) is 0 Å². The predicted octanol–water partition coefficient (Wildman–Crippen LogP) is 4.68. The van der Waals surface area contributed by atoms with Crippen molar-refractivity contribution in [2.24, 2.45) is 0 Å². The van der Waals surface area contributed by atoms with Gasteiger partial charge in [0, 0.05) is 27.7 Å². The molecule has 0 heterocycles. The van der Waals surface area contributed by atoms with Gasteiger partial charge in [0.1, 0.15) is 0 Å². The van der Waals surface area contributed by atoms with Crippen molar-refractivity contribution < 1.29 is 4.92 Å². The van der Waals surface area contributed by atoms with Crippen LogP contribution in [-0.2, 0) is 0 Å². The molecular weight excluding hydrogens is 284 g/mol. The Morgan fingerprint density at radius 1 is 1.21 bits per heavy atom. The lowest BCUT2D eigenvalue weighted by atomic mass is 10.2. The summed E-state index contributed by atoms with van der Waals surface area (Å²) in [6.07, 6.45) is 0. The first kappa shape index (κ1) is 13.7. The summed E-state index contributed by atoms with van der Waals surface area (Å²) < 4.78 is 3.19. The molecule has 0 radical (unpaired) electrons. The molecule has 0 atom stereocenters. The summed E-state index contributed by atoms with van der Waals surface area (Å²) in [5.74, 6) is 0. The van der Waals surface area contributed by atoms with E-state index in [-0.39, 0.29) is 5.69 Å². The van der Waals surface area contributed by atoms with Crippen LogP contribution >= 0.6 is 23.5 Å². The molecule has 6 heteroatoms. The van der Waals surface area contributed by atoms with Crippen LogP contribution in [0.4, 0.5) is 11.4 Å². The number of nitro groups is 1. The fourth-order valence-electron chi connectivity index (χ4n) is 1.49. The average Bonchev–Trinajstić information content (AvgIpc) is 2.38. The summed E-state index contributed by atoms with van der Waals surface area (Å²) in [6.45, 7) is 1.96. The Morgan fingerprint density at radius 2 is 1.89 bits per heavy atom. The molecular formula is C13H11ClN2O2S. The van der Waals surface area contributed by atoms with Crippen molar-refractivity contribution in [2.45, 2.75) is 11.8 Å². The normalized spacial score (nSPS) is 10.2. The lowest BCUT2D eigenvalue weighted by molar-refractivity contribution is -0.384. The number of rotatable bonds is 4. The fraction of sp³-hybridized carbons (Fsp3) is 0.0769. The lowest BCUT2D eigenvalue weighted by Gasteiger charge is -2.08. The monoisotopic (exact) mass is 294 g/mol. The second-order valence-electron chi connectivity index (χ2n) is 3.91. The highest BCUT2D eigenvalue weighted by atomic mass is 35.5. The number of benzene rings is 2. The van der Waals surface area contributed by atoms with Crippen molar-refractivity contribution in [1.29, 1.82) is 0 Å². The van der Waals surface area contributed by atoms with Gasteiger partial charge in [-0.25, -0.2) is 0 Å². The number of nitrogens with one attached hydrogen (secondary N) is 1. The molecule has 2 aromatic carbocycles. The minimum Gasteiger partial charge on any atom is -0.325 e. The second kappa shape index (κ2) is 5.95. The highest BCUT2D eigenvalue weighted by Gasteiger charge is 2.05. The van der Waals surface area contributed by atoms with E-state index in [1.807, 2.05) is 25.1 Å². The van der Waals surface area contributed by atoms with Gasteiger partial charge in [-0.15, -0.1) is 0 Å². The molecule has 0 amide bonds. The number of hydrogen-bond acceptors (Lipinski definition) is 4. The van der Waals surface area contributed by atoms with Crippen LogP contribution in [-0.4, -0.2) is 4.92 Å². The Hall–Kier alpha value is -1.72. The average molecular weight is 295 g/mol. The van der Waals surface area contributed by atoms with E-state index in [1.54, 1.807) is 12.1 Å². The van der Waals surface area contributed by atoms with Crippen LogP contribution in [0.5, 0.6) is 0 Å². The minimum atomic E-state index is -0.411. The highest BCUT2D eigenvalue weighted by Crippen LogP contribution is 2.26. The minimum absolute atomic E-state index is 0.0898. The zero-order chi connectivity index (χ0) is 13.8. The van der Waals surface area contributed by atoms with Gasteiger partial charge < -0.3 is 4.72 Å². The van der Waals surface area contributed by atoms with Crippen LogP contribution < -0.4 is 4.72 Å². The Balaban J connectivity index is 2.04. The van der Waals surface area contributed by atoms with E-state index in [9.17, 15) is 10.1 Å². The molecule has 0 saturated heterocycles. The van der Waals surface area contributed by atoms with Gasteiger partial charge in [0.25, 0.3) is 5.69 Å². The van der Waals surface area contributed by atoms with Gasteiger partial charge in [-0.1, -0.05) is 11.6 Å². The van der Waals surface area contributed by atoms with Crippen molar-refractivity contribution in [3.05, 3.63) is 63.2 Å². The van der Waals surface area contributed by atoms with Crippen LogP contribution in [0.25, 0.3) is 0 Å². The summed E-state index contributed by atoms with van der Waals surface area (Å²) in [6, 6.07) is 12.0. The van der Waals surface area contributed by atoms with Crippen LogP contribution in [0.3, 0.4) is 0 Å². The van der Waals surface area contributed by atoms with E-state index in [4.69, 9.17) is 11.6 Å². The van der Waals surface area contributed by atoms with Crippen molar-refractivity contribution in [3.63, 3.8) is 0 Å². The summed E-state index contributed by atoms with van der Waals surface area (Å²) in [4.78, 5) is 11.0. The molecule has 0 unspecified atom stereocenters. The molecule has 0 aliphatic heterocycles. The Labute approximate surface area is 120 Å². The zero-order valence-corrected chi connectivity index (χ0v) is 11.7. The number of aryl methyl sites for hydroxylation is 1. The summed E-state index contributed by atoms with van der Waals surface area (Å²) in [7, 11) is 0. The Bertz CT molecular complexity index is 602.